The molecule has 0 aliphatic carbocycles. The summed E-state index contributed by atoms with van der Waals surface area (Å²) in [6, 6.07) is 0. The summed E-state index contributed by atoms with van der Waals surface area (Å²) in [7, 11) is 0. The van der Waals surface area contributed by atoms with Crippen molar-refractivity contribution in [3.63, 3.8) is 0 Å². The Hall–Kier alpha value is -0.900. The van der Waals surface area contributed by atoms with Gasteiger partial charge in [-0.05, 0) is 24.2 Å². The van der Waals surface area contributed by atoms with Crippen LogP contribution >= 0.6 is 0 Å². The van der Waals surface area contributed by atoms with E-state index in [-0.39, 0.29) is 34.7 Å². The topological polar surface area (TPSA) is 55.4 Å². The minimum Gasteiger partial charge on any atom is -0.374 e. The summed E-state index contributed by atoms with van der Waals surface area (Å²) in [5, 5.41) is 2.26. The lowest BCUT2D eigenvalue weighted by Crippen LogP contribution is -2.46. The minimum atomic E-state index is -0.330. The molecule has 0 bridgehead atoms. The van der Waals surface area contributed by atoms with Gasteiger partial charge in [0.1, 0.15) is 0 Å². The lowest BCUT2D eigenvalue weighted by atomic mass is 9.69. The Kier molecular flexibility index (Phi) is 6.40. The van der Waals surface area contributed by atoms with Crippen molar-refractivity contribution in [2.45, 2.75) is 73.8 Å². The van der Waals surface area contributed by atoms with Crippen molar-refractivity contribution in [3.05, 3.63) is 0 Å². The predicted molar refractivity (Wildman–Crippen MR) is 81.3 cm³/mol. The smallest absolute Gasteiger partial charge is 0.228 e. The van der Waals surface area contributed by atoms with Crippen LogP contribution in [0.5, 0.6) is 0 Å². The Morgan fingerprint density at radius 2 is 1.50 bits per heavy atom. The molecule has 1 atom stereocenters. The van der Waals surface area contributed by atoms with Crippen LogP contribution in [0, 0.1) is 10.8 Å². The van der Waals surface area contributed by atoms with E-state index >= 15 is 0 Å². The van der Waals surface area contributed by atoms with Crippen molar-refractivity contribution in [1.29, 1.82) is 0 Å². The third-order valence-corrected chi connectivity index (χ3v) is 3.52. The first kappa shape index (κ1) is 19.1. The molecular weight excluding hydrogens is 254 g/mol. The highest BCUT2D eigenvalue weighted by Gasteiger charge is 2.41. The number of nitrogens with one attached hydrogen (secondary N) is 1. The van der Waals surface area contributed by atoms with Crippen molar-refractivity contribution in [3.8, 4) is 0 Å². The molecule has 0 heterocycles. The molecule has 0 radical (unpaired) electrons. The minimum absolute atomic E-state index is 0.0304. The summed E-state index contributed by atoms with van der Waals surface area (Å²) >= 11 is 0. The van der Waals surface area contributed by atoms with Crippen LogP contribution in [0.4, 0.5) is 0 Å². The molecule has 0 aromatic carbocycles. The monoisotopic (exact) mass is 285 g/mol. The fourth-order valence-electron chi connectivity index (χ4n) is 2.17. The predicted octanol–water partition coefficient (Wildman–Crippen LogP) is 3.30. The third-order valence-electron chi connectivity index (χ3n) is 3.52. The molecule has 0 saturated heterocycles. The first-order valence-corrected chi connectivity index (χ1v) is 7.21. The molecule has 0 spiro atoms. The Morgan fingerprint density at radius 3 is 1.85 bits per heavy atom. The Balaban J connectivity index is 4.62. The SMILES string of the molecule is CC(=O)NC(=O)CCOC(C)(CC(C)(C)C)C(C)(C)C. The average molecular weight is 285 g/mol. The number of carbonyl (C=O) groups is 2. The lowest BCUT2D eigenvalue weighted by molar-refractivity contribution is -0.138. The quantitative estimate of drug-likeness (QED) is 0.843. The maximum atomic E-state index is 11.5. The summed E-state index contributed by atoms with van der Waals surface area (Å²) in [6.45, 7) is 16.7. The first-order valence-electron chi connectivity index (χ1n) is 7.21. The van der Waals surface area contributed by atoms with Gasteiger partial charge in [-0.15, -0.1) is 0 Å². The molecular formula is C16H31NO3. The second-order valence-corrected chi connectivity index (χ2v) is 7.92. The number of amides is 2. The zero-order valence-electron chi connectivity index (χ0n) is 14.3. The van der Waals surface area contributed by atoms with Crippen LogP contribution < -0.4 is 5.32 Å². The lowest BCUT2D eigenvalue weighted by Gasteiger charge is -2.45. The maximum absolute atomic E-state index is 11.5. The summed E-state index contributed by atoms with van der Waals surface area (Å²) in [5.41, 5.74) is -0.206. The molecule has 20 heavy (non-hydrogen) atoms. The molecule has 2 amide bonds. The average Bonchev–Trinajstić information content (AvgIpc) is 2.10. The van der Waals surface area contributed by atoms with E-state index in [1.807, 2.05) is 0 Å². The van der Waals surface area contributed by atoms with E-state index in [0.717, 1.165) is 6.42 Å². The van der Waals surface area contributed by atoms with Gasteiger partial charge in [-0.25, -0.2) is 0 Å². The van der Waals surface area contributed by atoms with Gasteiger partial charge in [-0.2, -0.15) is 0 Å². The van der Waals surface area contributed by atoms with E-state index in [1.54, 1.807) is 0 Å². The van der Waals surface area contributed by atoms with Gasteiger partial charge in [0.05, 0.1) is 18.6 Å². The maximum Gasteiger partial charge on any atom is 0.228 e. The van der Waals surface area contributed by atoms with Crippen LogP contribution in [0.25, 0.3) is 0 Å². The molecule has 0 aliphatic heterocycles. The largest absolute Gasteiger partial charge is 0.374 e. The molecule has 0 aliphatic rings. The number of rotatable bonds is 5. The fourth-order valence-corrected chi connectivity index (χ4v) is 2.17. The van der Waals surface area contributed by atoms with E-state index < -0.39 is 0 Å². The molecule has 118 valence electrons. The van der Waals surface area contributed by atoms with E-state index in [0.29, 0.717) is 6.61 Å². The van der Waals surface area contributed by atoms with Gasteiger partial charge >= 0.3 is 0 Å². The fraction of sp³-hybridized carbons (Fsp3) is 0.875. The van der Waals surface area contributed by atoms with Crippen LogP contribution in [-0.4, -0.2) is 24.0 Å². The van der Waals surface area contributed by atoms with Crippen LogP contribution in [0.15, 0.2) is 0 Å². The van der Waals surface area contributed by atoms with Gasteiger partial charge in [0.2, 0.25) is 11.8 Å². The van der Waals surface area contributed by atoms with Gasteiger partial charge < -0.3 is 4.74 Å². The molecule has 0 aromatic heterocycles. The van der Waals surface area contributed by atoms with Crippen LogP contribution in [-0.2, 0) is 14.3 Å². The summed E-state index contributed by atoms with van der Waals surface area (Å²) in [4.78, 5) is 22.3. The summed E-state index contributed by atoms with van der Waals surface area (Å²) in [6.07, 6.45) is 1.10. The Bertz CT molecular complexity index is 350. The van der Waals surface area contributed by atoms with Crippen LogP contribution in [0.3, 0.4) is 0 Å². The number of imide groups is 1. The standard InChI is InChI=1S/C16H31NO3/c1-12(18)17-13(19)9-10-20-16(8,15(5,6)7)11-14(2,3)4/h9-11H2,1-8H3,(H,17,18,19). The summed E-state index contributed by atoms with van der Waals surface area (Å²) < 4.78 is 6.05. The van der Waals surface area contributed by atoms with Crippen molar-refractivity contribution in [2.24, 2.45) is 10.8 Å². The highest BCUT2D eigenvalue weighted by atomic mass is 16.5. The van der Waals surface area contributed by atoms with Gasteiger partial charge in [0, 0.05) is 6.92 Å². The van der Waals surface area contributed by atoms with Crippen molar-refractivity contribution in [2.75, 3.05) is 6.61 Å². The van der Waals surface area contributed by atoms with Crippen molar-refractivity contribution >= 4 is 11.8 Å². The zero-order chi connectivity index (χ0) is 16.2. The highest BCUT2D eigenvalue weighted by molar-refractivity contribution is 5.93. The van der Waals surface area contributed by atoms with Crippen molar-refractivity contribution in [1.82, 2.24) is 5.32 Å². The number of carbonyl (C=O) groups excluding carboxylic acids is 2. The second-order valence-electron chi connectivity index (χ2n) is 7.92. The van der Waals surface area contributed by atoms with E-state index in [2.05, 4.69) is 53.8 Å². The first-order chi connectivity index (χ1) is 8.77. The summed E-state index contributed by atoms with van der Waals surface area (Å²) in [5.74, 6) is -0.618. The Labute approximate surface area is 123 Å². The highest BCUT2D eigenvalue weighted by Crippen LogP contribution is 2.42. The van der Waals surface area contributed by atoms with Crippen LogP contribution in [0.1, 0.15) is 68.2 Å². The van der Waals surface area contributed by atoms with Gasteiger partial charge in [0.25, 0.3) is 0 Å². The molecule has 1 unspecified atom stereocenters. The molecule has 4 heteroatoms. The molecule has 1 N–H and O–H groups in total. The zero-order valence-corrected chi connectivity index (χ0v) is 14.3. The molecule has 0 saturated carbocycles. The van der Waals surface area contributed by atoms with Gasteiger partial charge in [-0.3, -0.25) is 14.9 Å². The van der Waals surface area contributed by atoms with Gasteiger partial charge in [-0.1, -0.05) is 41.5 Å². The molecule has 4 nitrogen and oxygen atoms in total. The van der Waals surface area contributed by atoms with Gasteiger partial charge in [0.15, 0.2) is 0 Å². The molecule has 0 rings (SSSR count). The number of hydrogen-bond donors (Lipinski definition) is 1. The van der Waals surface area contributed by atoms with E-state index in [4.69, 9.17) is 4.74 Å². The number of hydrogen-bond acceptors (Lipinski definition) is 3. The van der Waals surface area contributed by atoms with E-state index in [9.17, 15) is 9.59 Å². The van der Waals surface area contributed by atoms with E-state index in [1.165, 1.54) is 6.92 Å². The van der Waals surface area contributed by atoms with Crippen molar-refractivity contribution < 1.29 is 14.3 Å². The number of ether oxygens (including phenoxy) is 1. The molecule has 0 fully saturated rings. The second kappa shape index (κ2) is 6.70. The normalized spacial score (nSPS) is 15.6. The molecule has 0 aromatic rings. The van der Waals surface area contributed by atoms with Crippen LogP contribution in [0.2, 0.25) is 0 Å². The Morgan fingerprint density at radius 1 is 1.00 bits per heavy atom. The third kappa shape index (κ3) is 7.04.